The van der Waals surface area contributed by atoms with E-state index in [-0.39, 0.29) is 16.3 Å². The second-order valence-corrected chi connectivity index (χ2v) is 7.70. The molecule has 0 radical (unpaired) electrons. The molecular formula is C14H22N2O3S. The van der Waals surface area contributed by atoms with Gasteiger partial charge in [-0.2, -0.15) is 0 Å². The monoisotopic (exact) mass is 298 g/mol. The standard InChI is InChI=1S/C14H22N2O3S/c1-14(2,15)9-8-13(17)16-10-11-4-6-12(7-5-11)20(3,18)19/h4-7H,8-10,15H2,1-3H3,(H,16,17). The van der Waals surface area contributed by atoms with Gasteiger partial charge in [-0.1, -0.05) is 12.1 Å². The van der Waals surface area contributed by atoms with Gasteiger partial charge in [0.1, 0.15) is 0 Å². The molecule has 6 heteroatoms. The van der Waals surface area contributed by atoms with Crippen molar-refractivity contribution < 1.29 is 13.2 Å². The van der Waals surface area contributed by atoms with Crippen molar-refractivity contribution in [3.63, 3.8) is 0 Å². The summed E-state index contributed by atoms with van der Waals surface area (Å²) in [5.41, 5.74) is 6.32. The number of carbonyl (C=O) groups is 1. The van der Waals surface area contributed by atoms with E-state index >= 15 is 0 Å². The molecular weight excluding hydrogens is 276 g/mol. The Morgan fingerprint density at radius 1 is 1.25 bits per heavy atom. The molecule has 5 nitrogen and oxygen atoms in total. The Bertz CT molecular complexity index is 557. The number of hydrogen-bond acceptors (Lipinski definition) is 4. The van der Waals surface area contributed by atoms with Crippen LogP contribution in [0.2, 0.25) is 0 Å². The fraction of sp³-hybridized carbons (Fsp3) is 0.500. The molecule has 1 aromatic carbocycles. The molecule has 0 aromatic heterocycles. The zero-order valence-electron chi connectivity index (χ0n) is 12.1. The molecule has 0 aliphatic rings. The van der Waals surface area contributed by atoms with Gasteiger partial charge in [-0.3, -0.25) is 4.79 Å². The van der Waals surface area contributed by atoms with Crippen LogP contribution in [0.5, 0.6) is 0 Å². The lowest BCUT2D eigenvalue weighted by Crippen LogP contribution is -2.34. The lowest BCUT2D eigenvalue weighted by atomic mass is 10.00. The van der Waals surface area contributed by atoms with Crippen molar-refractivity contribution in [2.75, 3.05) is 6.26 Å². The Morgan fingerprint density at radius 3 is 2.25 bits per heavy atom. The van der Waals surface area contributed by atoms with Crippen molar-refractivity contribution in [1.82, 2.24) is 5.32 Å². The molecule has 3 N–H and O–H groups in total. The molecule has 20 heavy (non-hydrogen) atoms. The summed E-state index contributed by atoms with van der Waals surface area (Å²) in [6.45, 7) is 4.14. The molecule has 0 aliphatic heterocycles. The maximum atomic E-state index is 11.6. The van der Waals surface area contributed by atoms with Crippen LogP contribution in [-0.4, -0.2) is 26.1 Å². The molecule has 0 aliphatic carbocycles. The van der Waals surface area contributed by atoms with Gasteiger partial charge in [-0.05, 0) is 38.0 Å². The average molecular weight is 298 g/mol. The van der Waals surface area contributed by atoms with Gasteiger partial charge in [-0.15, -0.1) is 0 Å². The van der Waals surface area contributed by atoms with Crippen LogP contribution in [-0.2, 0) is 21.2 Å². The highest BCUT2D eigenvalue weighted by atomic mass is 32.2. The topological polar surface area (TPSA) is 89.3 Å². The largest absolute Gasteiger partial charge is 0.352 e. The van der Waals surface area contributed by atoms with Crippen molar-refractivity contribution in [2.45, 2.75) is 43.7 Å². The fourth-order valence-electron chi connectivity index (χ4n) is 1.58. The summed E-state index contributed by atoms with van der Waals surface area (Å²) in [5.74, 6) is -0.0595. The Hall–Kier alpha value is -1.40. The minimum atomic E-state index is -3.18. The molecule has 0 unspecified atom stereocenters. The van der Waals surface area contributed by atoms with Gasteiger partial charge in [0.2, 0.25) is 5.91 Å². The van der Waals surface area contributed by atoms with Gasteiger partial charge in [0.05, 0.1) is 4.90 Å². The van der Waals surface area contributed by atoms with Gasteiger partial charge >= 0.3 is 0 Å². The molecule has 1 rings (SSSR count). The molecule has 0 atom stereocenters. The van der Waals surface area contributed by atoms with Crippen LogP contribution < -0.4 is 11.1 Å². The minimum absolute atomic E-state index is 0.0595. The van der Waals surface area contributed by atoms with E-state index in [1.165, 1.54) is 6.26 Å². The predicted octanol–water partition coefficient (Wildman–Crippen LogP) is 1.22. The van der Waals surface area contributed by atoms with Gasteiger partial charge in [0.25, 0.3) is 0 Å². The van der Waals surface area contributed by atoms with E-state index in [2.05, 4.69) is 5.32 Å². The van der Waals surface area contributed by atoms with E-state index in [0.29, 0.717) is 19.4 Å². The highest BCUT2D eigenvalue weighted by Crippen LogP contribution is 2.10. The van der Waals surface area contributed by atoms with E-state index in [1.807, 2.05) is 13.8 Å². The molecule has 1 amide bonds. The van der Waals surface area contributed by atoms with Crippen LogP contribution in [0, 0.1) is 0 Å². The van der Waals surface area contributed by atoms with E-state index < -0.39 is 9.84 Å². The summed E-state index contributed by atoms with van der Waals surface area (Å²) < 4.78 is 22.6. The molecule has 0 heterocycles. The van der Waals surface area contributed by atoms with Crippen molar-refractivity contribution in [2.24, 2.45) is 5.73 Å². The van der Waals surface area contributed by atoms with Crippen molar-refractivity contribution >= 4 is 15.7 Å². The minimum Gasteiger partial charge on any atom is -0.352 e. The molecule has 1 aromatic rings. The summed E-state index contributed by atoms with van der Waals surface area (Å²) in [7, 11) is -3.18. The highest BCUT2D eigenvalue weighted by molar-refractivity contribution is 7.90. The average Bonchev–Trinajstić information content (AvgIpc) is 2.32. The smallest absolute Gasteiger partial charge is 0.220 e. The molecule has 0 saturated heterocycles. The highest BCUT2D eigenvalue weighted by Gasteiger charge is 2.13. The molecule has 0 spiro atoms. The fourth-order valence-corrected chi connectivity index (χ4v) is 2.21. The summed E-state index contributed by atoms with van der Waals surface area (Å²) in [6.07, 6.45) is 2.16. The maximum Gasteiger partial charge on any atom is 0.220 e. The summed E-state index contributed by atoms with van der Waals surface area (Å²) in [4.78, 5) is 11.9. The van der Waals surface area contributed by atoms with Crippen LogP contribution in [0.4, 0.5) is 0 Å². The normalized spacial score (nSPS) is 12.2. The number of nitrogens with one attached hydrogen (secondary N) is 1. The van der Waals surface area contributed by atoms with E-state index in [9.17, 15) is 13.2 Å². The number of hydrogen-bond donors (Lipinski definition) is 2. The van der Waals surface area contributed by atoms with Crippen LogP contribution >= 0.6 is 0 Å². The third kappa shape index (κ3) is 6.16. The molecule has 0 saturated carbocycles. The van der Waals surface area contributed by atoms with Crippen LogP contribution in [0.15, 0.2) is 29.2 Å². The van der Waals surface area contributed by atoms with Gasteiger partial charge in [0, 0.05) is 24.8 Å². The van der Waals surface area contributed by atoms with E-state index in [1.54, 1.807) is 24.3 Å². The Labute approximate surface area is 120 Å². The van der Waals surface area contributed by atoms with E-state index in [0.717, 1.165) is 5.56 Å². The quantitative estimate of drug-likeness (QED) is 0.826. The Kier molecular flexibility index (Phi) is 5.30. The SMILES string of the molecule is CC(C)(N)CCC(=O)NCc1ccc(S(C)(=O)=O)cc1. The first-order chi connectivity index (χ1) is 9.08. The van der Waals surface area contributed by atoms with Gasteiger partial charge in [0.15, 0.2) is 9.84 Å². The lowest BCUT2D eigenvalue weighted by Gasteiger charge is -2.17. The number of amides is 1. The van der Waals surface area contributed by atoms with Crippen molar-refractivity contribution in [3.8, 4) is 0 Å². The number of nitrogens with two attached hydrogens (primary N) is 1. The van der Waals surface area contributed by atoms with Crippen LogP contribution in [0.1, 0.15) is 32.3 Å². The first-order valence-electron chi connectivity index (χ1n) is 6.42. The van der Waals surface area contributed by atoms with Gasteiger partial charge in [-0.25, -0.2) is 8.42 Å². The zero-order valence-corrected chi connectivity index (χ0v) is 13.0. The second-order valence-electron chi connectivity index (χ2n) is 5.68. The molecule has 0 fully saturated rings. The number of rotatable bonds is 6. The van der Waals surface area contributed by atoms with Crippen molar-refractivity contribution in [3.05, 3.63) is 29.8 Å². The molecule has 112 valence electrons. The summed E-state index contributed by atoms with van der Waals surface area (Å²) in [5, 5.41) is 2.79. The zero-order chi connectivity index (χ0) is 15.4. The summed E-state index contributed by atoms with van der Waals surface area (Å²) >= 11 is 0. The van der Waals surface area contributed by atoms with Crippen LogP contribution in [0.25, 0.3) is 0 Å². The number of carbonyl (C=O) groups excluding carboxylic acids is 1. The maximum absolute atomic E-state index is 11.6. The third-order valence-corrected chi connectivity index (χ3v) is 3.97. The first kappa shape index (κ1) is 16.7. The third-order valence-electron chi connectivity index (χ3n) is 2.84. The van der Waals surface area contributed by atoms with Crippen molar-refractivity contribution in [1.29, 1.82) is 0 Å². The predicted molar refractivity (Wildman–Crippen MR) is 78.9 cm³/mol. The van der Waals surface area contributed by atoms with Gasteiger partial charge < -0.3 is 11.1 Å². The van der Waals surface area contributed by atoms with Crippen LogP contribution in [0.3, 0.4) is 0 Å². The first-order valence-corrected chi connectivity index (χ1v) is 8.32. The number of benzene rings is 1. The second kappa shape index (κ2) is 6.37. The Morgan fingerprint density at radius 2 is 1.80 bits per heavy atom. The number of sulfone groups is 1. The van der Waals surface area contributed by atoms with E-state index in [4.69, 9.17) is 5.73 Å². The summed E-state index contributed by atoms with van der Waals surface area (Å²) in [6, 6.07) is 6.48. The Balaban J connectivity index is 2.48. The lowest BCUT2D eigenvalue weighted by molar-refractivity contribution is -0.121. The molecule has 0 bridgehead atoms.